The monoisotopic (exact) mass is 447 g/mol. The number of hydrogen-bond donors (Lipinski definition) is 1. The van der Waals surface area contributed by atoms with Crippen LogP contribution in [0.1, 0.15) is 31.0 Å². The number of anilines is 1. The maximum Gasteiger partial charge on any atom is 0.263 e. The molecule has 1 amide bonds. The molecule has 2 heterocycles. The Labute approximate surface area is 190 Å². The first-order chi connectivity index (χ1) is 15.4. The molecule has 0 aliphatic carbocycles. The Bertz CT molecular complexity index is 1340. The van der Waals surface area contributed by atoms with Gasteiger partial charge in [0.15, 0.2) is 0 Å². The molecule has 0 bridgehead atoms. The lowest BCUT2D eigenvalue weighted by Gasteiger charge is -2.17. The van der Waals surface area contributed by atoms with E-state index in [0.717, 1.165) is 33.7 Å². The van der Waals surface area contributed by atoms with E-state index >= 15 is 0 Å². The molecule has 2 aromatic heterocycles. The molecule has 0 saturated carbocycles. The maximum atomic E-state index is 13.4. The molecule has 0 fully saturated rings. The number of nitrogens with one attached hydrogen (secondary N) is 1. The summed E-state index contributed by atoms with van der Waals surface area (Å²) in [7, 11) is 0. The van der Waals surface area contributed by atoms with Gasteiger partial charge in [-0.3, -0.25) is 14.2 Å². The highest BCUT2D eigenvalue weighted by Gasteiger charge is 2.21. The van der Waals surface area contributed by atoms with Crippen LogP contribution in [0.15, 0.2) is 59.0 Å². The number of carbonyl (C=O) groups excluding carboxylic acids is 1. The fourth-order valence-electron chi connectivity index (χ4n) is 3.58. The van der Waals surface area contributed by atoms with E-state index < -0.39 is 6.04 Å². The van der Waals surface area contributed by atoms with Crippen LogP contribution in [0.25, 0.3) is 21.3 Å². The van der Waals surface area contributed by atoms with Crippen molar-refractivity contribution in [2.45, 2.75) is 33.7 Å². The van der Waals surface area contributed by atoms with Gasteiger partial charge in [-0.25, -0.2) is 4.98 Å². The Morgan fingerprint density at radius 3 is 2.66 bits per heavy atom. The van der Waals surface area contributed by atoms with E-state index in [9.17, 15) is 9.59 Å². The molecule has 1 atom stereocenters. The molecule has 32 heavy (non-hydrogen) atoms. The van der Waals surface area contributed by atoms with Crippen LogP contribution in [0.5, 0.6) is 5.75 Å². The second-order valence-corrected chi connectivity index (χ2v) is 8.51. The highest BCUT2D eigenvalue weighted by atomic mass is 32.1. The zero-order valence-electron chi connectivity index (χ0n) is 18.5. The highest BCUT2D eigenvalue weighted by Crippen LogP contribution is 2.32. The molecule has 0 aliphatic rings. The van der Waals surface area contributed by atoms with Gasteiger partial charge in [-0.2, -0.15) is 0 Å². The average molecular weight is 448 g/mol. The topological polar surface area (TPSA) is 73.2 Å². The van der Waals surface area contributed by atoms with Gasteiger partial charge >= 0.3 is 0 Å². The Morgan fingerprint density at radius 2 is 1.94 bits per heavy atom. The van der Waals surface area contributed by atoms with E-state index in [4.69, 9.17) is 4.74 Å². The smallest absolute Gasteiger partial charge is 0.263 e. The van der Waals surface area contributed by atoms with Crippen molar-refractivity contribution >= 4 is 33.1 Å². The minimum Gasteiger partial charge on any atom is -0.494 e. The molecule has 1 unspecified atom stereocenters. The van der Waals surface area contributed by atoms with E-state index in [1.807, 2.05) is 68.6 Å². The lowest BCUT2D eigenvalue weighted by Crippen LogP contribution is -2.32. The predicted octanol–water partition coefficient (Wildman–Crippen LogP) is 5.34. The van der Waals surface area contributed by atoms with E-state index in [-0.39, 0.29) is 11.5 Å². The van der Waals surface area contributed by atoms with Gasteiger partial charge in [-0.15, -0.1) is 11.3 Å². The Balaban J connectivity index is 1.68. The maximum absolute atomic E-state index is 13.4. The summed E-state index contributed by atoms with van der Waals surface area (Å²) in [6.45, 7) is 8.20. The van der Waals surface area contributed by atoms with Crippen LogP contribution in [-0.4, -0.2) is 22.1 Å². The largest absolute Gasteiger partial charge is 0.494 e. The van der Waals surface area contributed by atoms with Crippen molar-refractivity contribution in [3.63, 3.8) is 0 Å². The van der Waals surface area contributed by atoms with Gasteiger partial charge in [0.25, 0.3) is 5.56 Å². The number of carbonyl (C=O) groups is 1. The Morgan fingerprint density at radius 1 is 1.19 bits per heavy atom. The summed E-state index contributed by atoms with van der Waals surface area (Å²) in [6.07, 6.45) is 1.45. The minimum atomic E-state index is -0.715. The minimum absolute atomic E-state index is 0.233. The predicted molar refractivity (Wildman–Crippen MR) is 130 cm³/mol. The van der Waals surface area contributed by atoms with Crippen molar-refractivity contribution in [3.05, 3.63) is 75.7 Å². The summed E-state index contributed by atoms with van der Waals surface area (Å²) in [4.78, 5) is 31.4. The molecule has 0 spiro atoms. The van der Waals surface area contributed by atoms with E-state index in [1.54, 1.807) is 6.92 Å². The number of ether oxygens (including phenoxy) is 1. The average Bonchev–Trinajstić information content (AvgIpc) is 3.22. The van der Waals surface area contributed by atoms with Gasteiger partial charge in [-0.05, 0) is 62.6 Å². The molecular weight excluding hydrogens is 422 g/mol. The molecule has 4 aromatic rings. The number of rotatable bonds is 6. The molecule has 0 saturated heterocycles. The zero-order valence-corrected chi connectivity index (χ0v) is 19.3. The van der Waals surface area contributed by atoms with Gasteiger partial charge in [0.1, 0.15) is 16.6 Å². The summed E-state index contributed by atoms with van der Waals surface area (Å²) in [6, 6.07) is 12.7. The Kier molecular flexibility index (Phi) is 6.10. The second kappa shape index (κ2) is 8.96. The molecule has 7 heteroatoms. The first-order valence-corrected chi connectivity index (χ1v) is 11.4. The fraction of sp³-hybridized carbons (Fsp3) is 0.240. The van der Waals surface area contributed by atoms with E-state index in [1.165, 1.54) is 22.2 Å². The van der Waals surface area contributed by atoms with Crippen molar-refractivity contribution in [1.29, 1.82) is 0 Å². The quantitative estimate of drug-likeness (QED) is 0.433. The molecule has 6 nitrogen and oxygen atoms in total. The fourth-order valence-corrected chi connectivity index (χ4v) is 4.49. The van der Waals surface area contributed by atoms with Gasteiger partial charge in [-0.1, -0.05) is 24.3 Å². The number of benzene rings is 2. The zero-order chi connectivity index (χ0) is 22.8. The third kappa shape index (κ3) is 4.03. The number of aryl methyl sites for hydroxylation is 1. The lowest BCUT2D eigenvalue weighted by molar-refractivity contribution is -0.118. The molecule has 1 N–H and O–H groups in total. The molecule has 0 aliphatic heterocycles. The number of amides is 1. The van der Waals surface area contributed by atoms with Gasteiger partial charge in [0.2, 0.25) is 5.91 Å². The van der Waals surface area contributed by atoms with Crippen LogP contribution < -0.4 is 15.6 Å². The number of nitrogens with zero attached hydrogens (tertiary/aromatic N) is 2. The number of aromatic nitrogens is 2. The van der Waals surface area contributed by atoms with Crippen LogP contribution in [-0.2, 0) is 4.79 Å². The summed E-state index contributed by atoms with van der Waals surface area (Å²) in [5.41, 5.74) is 4.32. The summed E-state index contributed by atoms with van der Waals surface area (Å²) in [5, 5.41) is 5.40. The van der Waals surface area contributed by atoms with Crippen LogP contribution in [0.2, 0.25) is 0 Å². The number of thiophene rings is 1. The SMILES string of the molecule is CCOc1ccc(-c2csc3ncn(C(C)C(=O)Nc4cccc(C)c4C)c(=O)c23)cc1. The van der Waals surface area contributed by atoms with Crippen molar-refractivity contribution in [2.75, 3.05) is 11.9 Å². The van der Waals surface area contributed by atoms with Gasteiger partial charge < -0.3 is 10.1 Å². The molecule has 4 rings (SSSR count). The highest BCUT2D eigenvalue weighted by molar-refractivity contribution is 7.17. The summed E-state index contributed by atoms with van der Waals surface area (Å²) < 4.78 is 6.91. The number of fused-ring (bicyclic) bond motifs is 1. The van der Waals surface area contributed by atoms with Gasteiger partial charge in [0.05, 0.1) is 18.3 Å². The van der Waals surface area contributed by atoms with Crippen LogP contribution in [0.3, 0.4) is 0 Å². The summed E-state index contributed by atoms with van der Waals surface area (Å²) >= 11 is 1.42. The molecular formula is C25H25N3O3S. The van der Waals surface area contributed by atoms with E-state index in [0.29, 0.717) is 16.8 Å². The lowest BCUT2D eigenvalue weighted by atomic mass is 10.1. The molecule has 164 valence electrons. The normalized spacial score (nSPS) is 12.0. The summed E-state index contributed by atoms with van der Waals surface area (Å²) in [5.74, 6) is 0.517. The van der Waals surface area contributed by atoms with Gasteiger partial charge in [0, 0.05) is 16.6 Å². The van der Waals surface area contributed by atoms with Crippen molar-refractivity contribution in [2.24, 2.45) is 0 Å². The molecule has 2 aromatic carbocycles. The van der Waals surface area contributed by atoms with Crippen LogP contribution in [0, 0.1) is 13.8 Å². The van der Waals surface area contributed by atoms with E-state index in [2.05, 4.69) is 10.3 Å². The number of hydrogen-bond acceptors (Lipinski definition) is 5. The first-order valence-electron chi connectivity index (χ1n) is 10.5. The van der Waals surface area contributed by atoms with Crippen LogP contribution in [0.4, 0.5) is 5.69 Å². The first kappa shape index (κ1) is 21.8. The molecule has 0 radical (unpaired) electrons. The third-order valence-electron chi connectivity index (χ3n) is 5.65. The van der Waals surface area contributed by atoms with Crippen molar-refractivity contribution in [1.82, 2.24) is 9.55 Å². The Hall–Kier alpha value is -3.45. The third-order valence-corrected chi connectivity index (χ3v) is 6.54. The standard InChI is InChI=1S/C25H25N3O3S/c1-5-31-19-11-9-18(10-12-19)20-13-32-24-22(20)25(30)28(14-26-24)17(4)23(29)27-21-8-6-7-15(2)16(21)3/h6-14,17H,5H2,1-4H3,(H,27,29). The van der Waals surface area contributed by atoms with Crippen molar-refractivity contribution in [3.8, 4) is 16.9 Å². The van der Waals surface area contributed by atoms with Crippen molar-refractivity contribution < 1.29 is 9.53 Å². The second-order valence-electron chi connectivity index (χ2n) is 7.66. The van der Waals surface area contributed by atoms with Crippen LogP contribution >= 0.6 is 11.3 Å².